The van der Waals surface area contributed by atoms with Gasteiger partial charge in [-0.25, -0.2) is 0 Å². The number of amides is 1. The molecule has 0 radical (unpaired) electrons. The fraction of sp³-hybridized carbons (Fsp3) is 0.381. The maximum absolute atomic E-state index is 12.5. The van der Waals surface area contributed by atoms with E-state index in [-0.39, 0.29) is 35.8 Å². The Bertz CT molecular complexity index is 643. The van der Waals surface area contributed by atoms with E-state index < -0.39 is 0 Å². The Morgan fingerprint density at radius 3 is 2.08 bits per heavy atom. The highest BCUT2D eigenvalue weighted by Gasteiger charge is 2.31. The first-order chi connectivity index (χ1) is 11.4. The molecule has 4 heteroatoms. The number of halogens is 1. The summed E-state index contributed by atoms with van der Waals surface area (Å²) in [5, 5.41) is 3.19. The summed E-state index contributed by atoms with van der Waals surface area (Å²) in [5.41, 5.74) is 8.25. The molecule has 0 aliphatic heterocycles. The number of nitrogens with two attached hydrogens (primary N) is 1. The van der Waals surface area contributed by atoms with E-state index in [4.69, 9.17) is 5.73 Å². The third-order valence-corrected chi connectivity index (χ3v) is 4.77. The Morgan fingerprint density at radius 2 is 1.56 bits per heavy atom. The maximum atomic E-state index is 12.5. The molecule has 3 nitrogen and oxygen atoms in total. The van der Waals surface area contributed by atoms with E-state index in [1.807, 2.05) is 48.5 Å². The Morgan fingerprint density at radius 1 is 1.04 bits per heavy atom. The van der Waals surface area contributed by atoms with Crippen molar-refractivity contribution < 1.29 is 4.79 Å². The molecule has 0 aliphatic rings. The van der Waals surface area contributed by atoms with Crippen molar-refractivity contribution in [3.8, 4) is 0 Å². The van der Waals surface area contributed by atoms with Crippen LogP contribution in [0.25, 0.3) is 0 Å². The molecule has 0 heterocycles. The molecule has 0 aliphatic carbocycles. The van der Waals surface area contributed by atoms with Crippen molar-refractivity contribution in [3.63, 3.8) is 0 Å². The summed E-state index contributed by atoms with van der Waals surface area (Å²) in [7, 11) is 0. The van der Waals surface area contributed by atoms with E-state index >= 15 is 0 Å². The van der Waals surface area contributed by atoms with Gasteiger partial charge in [-0.3, -0.25) is 4.79 Å². The highest BCUT2D eigenvalue weighted by Crippen LogP contribution is 2.29. The maximum Gasteiger partial charge on any atom is 0.222 e. The first-order valence-electron chi connectivity index (χ1n) is 8.60. The highest BCUT2D eigenvalue weighted by molar-refractivity contribution is 5.85. The molecule has 0 fully saturated rings. The van der Waals surface area contributed by atoms with Crippen molar-refractivity contribution >= 4 is 18.3 Å². The van der Waals surface area contributed by atoms with Crippen LogP contribution in [0, 0.1) is 0 Å². The molecule has 2 aromatic carbocycles. The molecule has 2 aromatic rings. The van der Waals surface area contributed by atoms with Gasteiger partial charge in [-0.15, -0.1) is 12.4 Å². The molecule has 136 valence electrons. The van der Waals surface area contributed by atoms with Gasteiger partial charge in [0.15, 0.2) is 0 Å². The van der Waals surface area contributed by atoms with E-state index in [0.29, 0.717) is 6.42 Å². The quantitative estimate of drug-likeness (QED) is 0.770. The molecular weight excluding hydrogens is 332 g/mol. The Hall–Kier alpha value is -1.84. The van der Waals surface area contributed by atoms with Crippen LogP contribution < -0.4 is 11.1 Å². The molecule has 0 saturated heterocycles. The molecule has 0 saturated carbocycles. The number of carbonyl (C=O) groups excluding carboxylic acids is 1. The number of hydrogen-bond acceptors (Lipinski definition) is 2. The molecule has 0 spiro atoms. The Labute approximate surface area is 157 Å². The average Bonchev–Trinajstić information content (AvgIpc) is 2.61. The second-order valence-electron chi connectivity index (χ2n) is 6.84. The highest BCUT2D eigenvalue weighted by atomic mass is 35.5. The number of hydrogen-bond donors (Lipinski definition) is 2. The van der Waals surface area contributed by atoms with Gasteiger partial charge in [-0.2, -0.15) is 0 Å². The molecule has 0 bridgehead atoms. The van der Waals surface area contributed by atoms with Crippen LogP contribution in [0.4, 0.5) is 0 Å². The zero-order chi connectivity index (χ0) is 17.6. The largest absolute Gasteiger partial charge is 0.352 e. The Kier molecular flexibility index (Phi) is 8.14. The van der Waals surface area contributed by atoms with Crippen LogP contribution in [0.2, 0.25) is 0 Å². The summed E-state index contributed by atoms with van der Waals surface area (Å²) in [6.07, 6.45) is 1.17. The van der Waals surface area contributed by atoms with Crippen molar-refractivity contribution in [2.45, 2.75) is 51.1 Å². The minimum atomic E-state index is -0.274. The predicted octanol–water partition coefficient (Wildman–Crippen LogP) is 4.37. The fourth-order valence-electron chi connectivity index (χ4n) is 3.13. The van der Waals surface area contributed by atoms with Crippen molar-refractivity contribution in [3.05, 3.63) is 71.8 Å². The summed E-state index contributed by atoms with van der Waals surface area (Å²) in [4.78, 5) is 12.5. The monoisotopic (exact) mass is 360 g/mol. The first kappa shape index (κ1) is 21.2. The summed E-state index contributed by atoms with van der Waals surface area (Å²) in [6, 6.07) is 19.9. The normalized spacial score (nSPS) is 13.4. The van der Waals surface area contributed by atoms with Crippen LogP contribution in [0.1, 0.15) is 50.8 Å². The van der Waals surface area contributed by atoms with Gasteiger partial charge < -0.3 is 11.1 Å². The smallest absolute Gasteiger partial charge is 0.222 e. The average molecular weight is 361 g/mol. The van der Waals surface area contributed by atoms with Gasteiger partial charge in [-0.1, -0.05) is 81.4 Å². The summed E-state index contributed by atoms with van der Waals surface area (Å²) >= 11 is 0. The lowest BCUT2D eigenvalue weighted by molar-refractivity contribution is -0.122. The first-order valence-corrected chi connectivity index (χ1v) is 8.60. The summed E-state index contributed by atoms with van der Waals surface area (Å²) in [5.74, 6) is 0.00205. The summed E-state index contributed by atoms with van der Waals surface area (Å²) < 4.78 is 0. The topological polar surface area (TPSA) is 55.1 Å². The molecule has 0 aromatic heterocycles. The van der Waals surface area contributed by atoms with Gasteiger partial charge in [0.25, 0.3) is 0 Å². The van der Waals surface area contributed by atoms with E-state index in [1.54, 1.807) is 0 Å². The molecule has 2 atom stereocenters. The fourth-order valence-corrected chi connectivity index (χ4v) is 3.13. The van der Waals surface area contributed by atoms with Gasteiger partial charge in [0.05, 0.1) is 0 Å². The van der Waals surface area contributed by atoms with Gasteiger partial charge in [0.1, 0.15) is 0 Å². The minimum Gasteiger partial charge on any atom is -0.352 e. The van der Waals surface area contributed by atoms with Crippen LogP contribution >= 0.6 is 12.4 Å². The van der Waals surface area contributed by atoms with Crippen molar-refractivity contribution in [2.24, 2.45) is 5.73 Å². The standard InChI is InChI=1S/C21H28N2O.ClH/c1-4-19(21(2,3)17-13-9-6-10-14-17)23-20(24)15-18(22)16-11-7-5-8-12-16;/h5-14,18-19H,4,15,22H2,1-3H3,(H,23,24);1H. The van der Waals surface area contributed by atoms with Gasteiger partial charge >= 0.3 is 0 Å². The lowest BCUT2D eigenvalue weighted by Gasteiger charge is -2.35. The molecule has 1 amide bonds. The van der Waals surface area contributed by atoms with Gasteiger partial charge in [-0.05, 0) is 17.5 Å². The number of carbonyl (C=O) groups is 1. The second-order valence-corrected chi connectivity index (χ2v) is 6.84. The minimum absolute atomic E-state index is 0. The second kappa shape index (κ2) is 9.59. The SMILES string of the molecule is CCC(NC(=O)CC(N)c1ccccc1)C(C)(C)c1ccccc1.Cl. The zero-order valence-corrected chi connectivity index (χ0v) is 16.1. The van der Waals surface area contributed by atoms with Crippen molar-refractivity contribution in [1.29, 1.82) is 0 Å². The van der Waals surface area contributed by atoms with Crippen LogP contribution in [-0.4, -0.2) is 11.9 Å². The lowest BCUT2D eigenvalue weighted by atomic mass is 9.76. The van der Waals surface area contributed by atoms with Crippen LogP contribution in [0.5, 0.6) is 0 Å². The van der Waals surface area contributed by atoms with E-state index in [9.17, 15) is 4.79 Å². The molecule has 3 N–H and O–H groups in total. The van der Waals surface area contributed by atoms with Crippen molar-refractivity contribution in [2.75, 3.05) is 0 Å². The number of nitrogens with one attached hydrogen (secondary N) is 1. The Balaban J connectivity index is 0.00000312. The third-order valence-electron chi connectivity index (χ3n) is 4.77. The molecule has 2 unspecified atom stereocenters. The molecular formula is C21H29ClN2O. The van der Waals surface area contributed by atoms with Crippen LogP contribution in [-0.2, 0) is 10.2 Å². The van der Waals surface area contributed by atoms with Crippen LogP contribution in [0.15, 0.2) is 60.7 Å². The van der Waals surface area contributed by atoms with Gasteiger partial charge in [0.2, 0.25) is 5.91 Å². The van der Waals surface area contributed by atoms with Gasteiger partial charge in [0, 0.05) is 23.9 Å². The van der Waals surface area contributed by atoms with E-state index in [0.717, 1.165) is 12.0 Å². The van der Waals surface area contributed by atoms with E-state index in [1.165, 1.54) is 5.56 Å². The van der Waals surface area contributed by atoms with Crippen molar-refractivity contribution in [1.82, 2.24) is 5.32 Å². The van der Waals surface area contributed by atoms with E-state index in [2.05, 4.69) is 38.2 Å². The third kappa shape index (κ3) is 5.58. The number of benzene rings is 2. The zero-order valence-electron chi connectivity index (χ0n) is 15.2. The number of rotatable bonds is 7. The predicted molar refractivity (Wildman–Crippen MR) is 107 cm³/mol. The van der Waals surface area contributed by atoms with Crippen LogP contribution in [0.3, 0.4) is 0 Å². The lowest BCUT2D eigenvalue weighted by Crippen LogP contribution is -2.47. The molecule has 2 rings (SSSR count). The molecule has 25 heavy (non-hydrogen) atoms. The summed E-state index contributed by atoms with van der Waals surface area (Å²) in [6.45, 7) is 6.45.